The second kappa shape index (κ2) is 3.60. The van der Waals surface area contributed by atoms with Crippen LogP contribution in [-0.2, 0) is 27.7 Å². The molecular weight excluding hydrogens is 261 g/mol. The Balaban J connectivity index is 0.000000250. The molecule has 0 aliphatic heterocycles. The Morgan fingerprint density at radius 3 is 1.67 bits per heavy atom. The maximum atomic E-state index is 2.12. The summed E-state index contributed by atoms with van der Waals surface area (Å²) in [4.78, 5) is 0. The quantitative estimate of drug-likeness (QED) is 0.583. The van der Waals surface area contributed by atoms with Crippen molar-refractivity contribution in [3.8, 4) is 0 Å². The molecule has 0 spiro atoms. The topological polar surface area (TPSA) is 0 Å². The van der Waals surface area contributed by atoms with Crippen LogP contribution in [0.1, 0.15) is 6.42 Å². The Morgan fingerprint density at radius 2 is 1.50 bits per heavy atom. The zero-order valence-corrected chi connectivity index (χ0v) is 9.22. The van der Waals surface area contributed by atoms with E-state index >= 15 is 0 Å². The van der Waals surface area contributed by atoms with Crippen molar-refractivity contribution in [3.05, 3.63) is 24.3 Å². The largest absolute Gasteiger partial charge is 0.0808 e. The molecule has 0 saturated heterocycles. The predicted molar refractivity (Wildman–Crippen MR) is 22.9 cm³/mol. The minimum Gasteiger partial charge on any atom is -0.0808 e. The third kappa shape index (κ3) is 1.76. The SMILES string of the molecule is C1=CCC=C1.[Hg]. The summed E-state index contributed by atoms with van der Waals surface area (Å²) in [6.45, 7) is 0. The van der Waals surface area contributed by atoms with Gasteiger partial charge in [0.2, 0.25) is 0 Å². The molecule has 6 heavy (non-hydrogen) atoms. The Kier molecular flexibility index (Phi) is 3.85. The van der Waals surface area contributed by atoms with Crippen molar-refractivity contribution in [1.29, 1.82) is 0 Å². The second-order valence-corrected chi connectivity index (χ2v) is 1.09. The molecule has 0 heterocycles. The fraction of sp³-hybridized carbons (Fsp3) is 0.200. The maximum Gasteiger partial charge on any atom is 0 e. The number of allylic oxidation sites excluding steroid dienone is 4. The predicted octanol–water partition coefficient (Wildman–Crippen LogP) is 1.50. The number of hydrogen-bond acceptors (Lipinski definition) is 0. The molecule has 0 fully saturated rings. The van der Waals surface area contributed by atoms with Crippen LogP contribution in [0.5, 0.6) is 0 Å². The van der Waals surface area contributed by atoms with E-state index in [0.717, 1.165) is 6.42 Å². The molecule has 0 N–H and O–H groups in total. The number of rotatable bonds is 0. The minimum atomic E-state index is 0. The molecule has 1 heteroatoms. The first-order valence-electron chi connectivity index (χ1n) is 1.82. The van der Waals surface area contributed by atoms with Crippen molar-refractivity contribution in [2.45, 2.75) is 6.42 Å². The van der Waals surface area contributed by atoms with Crippen LogP contribution >= 0.6 is 0 Å². The van der Waals surface area contributed by atoms with Gasteiger partial charge in [0.25, 0.3) is 0 Å². The Hall–Kier alpha value is 0.415. The summed E-state index contributed by atoms with van der Waals surface area (Å²) in [5, 5.41) is 0. The van der Waals surface area contributed by atoms with Crippen LogP contribution in [0.2, 0.25) is 0 Å². The van der Waals surface area contributed by atoms with Gasteiger partial charge in [0.05, 0.1) is 0 Å². The van der Waals surface area contributed by atoms with Gasteiger partial charge in [-0.1, -0.05) is 24.3 Å². The first kappa shape index (κ1) is 6.42. The summed E-state index contributed by atoms with van der Waals surface area (Å²) in [5.74, 6) is 0. The fourth-order valence-corrected chi connectivity index (χ4v) is 0.393. The van der Waals surface area contributed by atoms with Crippen LogP contribution in [0.15, 0.2) is 24.3 Å². The summed E-state index contributed by atoms with van der Waals surface area (Å²) in [6, 6.07) is 0. The summed E-state index contributed by atoms with van der Waals surface area (Å²) in [5.41, 5.74) is 0. The molecule has 0 aromatic carbocycles. The molecular formula is C5H6Hg. The van der Waals surface area contributed by atoms with Gasteiger partial charge in [-0.2, -0.15) is 0 Å². The molecule has 0 atom stereocenters. The zero-order chi connectivity index (χ0) is 3.54. The average Bonchev–Trinajstić information content (AvgIpc) is 1.76. The van der Waals surface area contributed by atoms with Gasteiger partial charge >= 0.3 is 0 Å². The third-order valence-electron chi connectivity index (χ3n) is 0.655. The van der Waals surface area contributed by atoms with Crippen LogP contribution in [0.3, 0.4) is 0 Å². The van der Waals surface area contributed by atoms with Gasteiger partial charge in [-0.3, -0.25) is 0 Å². The van der Waals surface area contributed by atoms with Crippen LogP contribution in [0.4, 0.5) is 0 Å². The van der Waals surface area contributed by atoms with Gasteiger partial charge in [-0.05, 0) is 6.42 Å². The van der Waals surface area contributed by atoms with Gasteiger partial charge in [0.15, 0.2) is 0 Å². The van der Waals surface area contributed by atoms with Gasteiger partial charge in [0, 0.05) is 27.7 Å². The van der Waals surface area contributed by atoms with E-state index in [1.165, 1.54) is 0 Å². The minimum absolute atomic E-state index is 0. The van der Waals surface area contributed by atoms with E-state index in [1.54, 1.807) is 0 Å². The van der Waals surface area contributed by atoms with Crippen LogP contribution in [0.25, 0.3) is 0 Å². The molecule has 0 bridgehead atoms. The standard InChI is InChI=1S/C5H6.Hg/c1-2-4-5-3-1;/h1-4H,5H2;. The van der Waals surface area contributed by atoms with E-state index < -0.39 is 0 Å². The summed E-state index contributed by atoms with van der Waals surface area (Å²) in [6.07, 6.45) is 9.50. The molecule has 0 amide bonds. The van der Waals surface area contributed by atoms with Crippen molar-refractivity contribution in [2.75, 3.05) is 0 Å². The number of hydrogen-bond donors (Lipinski definition) is 0. The molecule has 0 aromatic rings. The van der Waals surface area contributed by atoms with E-state index in [2.05, 4.69) is 24.3 Å². The normalized spacial score (nSPS) is 14.7. The van der Waals surface area contributed by atoms with E-state index in [-0.39, 0.29) is 27.7 Å². The molecule has 1 aliphatic rings. The average molecular weight is 267 g/mol. The fourth-order valence-electron chi connectivity index (χ4n) is 0.393. The van der Waals surface area contributed by atoms with Crippen molar-refractivity contribution in [1.82, 2.24) is 0 Å². The van der Waals surface area contributed by atoms with Gasteiger partial charge in [-0.25, -0.2) is 0 Å². The van der Waals surface area contributed by atoms with E-state index in [9.17, 15) is 0 Å². The molecule has 0 nitrogen and oxygen atoms in total. The second-order valence-electron chi connectivity index (χ2n) is 1.09. The summed E-state index contributed by atoms with van der Waals surface area (Å²) in [7, 11) is 0. The van der Waals surface area contributed by atoms with E-state index in [0.29, 0.717) is 0 Å². The Labute approximate surface area is 58.4 Å². The molecule has 0 saturated carbocycles. The van der Waals surface area contributed by atoms with Crippen LogP contribution < -0.4 is 0 Å². The zero-order valence-electron chi connectivity index (χ0n) is 3.72. The van der Waals surface area contributed by atoms with Crippen molar-refractivity contribution >= 4 is 0 Å². The summed E-state index contributed by atoms with van der Waals surface area (Å²) >= 11 is 0. The van der Waals surface area contributed by atoms with Gasteiger partial charge < -0.3 is 0 Å². The first-order chi connectivity index (χ1) is 2.50. The van der Waals surface area contributed by atoms with Crippen molar-refractivity contribution in [2.24, 2.45) is 0 Å². The molecule has 28 valence electrons. The molecule has 0 radical (unpaired) electrons. The van der Waals surface area contributed by atoms with E-state index in [1.807, 2.05) is 0 Å². The third-order valence-corrected chi connectivity index (χ3v) is 0.655. The van der Waals surface area contributed by atoms with Crippen LogP contribution in [0, 0.1) is 0 Å². The first-order valence-corrected chi connectivity index (χ1v) is 1.82. The van der Waals surface area contributed by atoms with Gasteiger partial charge in [0.1, 0.15) is 0 Å². The Morgan fingerprint density at radius 1 is 1.00 bits per heavy atom. The van der Waals surface area contributed by atoms with Crippen molar-refractivity contribution < 1.29 is 27.7 Å². The van der Waals surface area contributed by atoms with E-state index in [4.69, 9.17) is 0 Å². The smallest absolute Gasteiger partial charge is 0 e. The molecule has 0 unspecified atom stereocenters. The molecule has 0 aromatic heterocycles. The molecule has 1 rings (SSSR count). The maximum absolute atomic E-state index is 2.12. The van der Waals surface area contributed by atoms with Gasteiger partial charge in [-0.15, -0.1) is 0 Å². The monoisotopic (exact) mass is 268 g/mol. The van der Waals surface area contributed by atoms with Crippen LogP contribution in [-0.4, -0.2) is 0 Å². The van der Waals surface area contributed by atoms with Crippen molar-refractivity contribution in [3.63, 3.8) is 0 Å². The molecule has 1 aliphatic carbocycles. The summed E-state index contributed by atoms with van der Waals surface area (Å²) < 4.78 is 0. The Bertz CT molecular complexity index is 62.0.